The molecule has 3 aromatic rings. The number of hydrogen-bond acceptors (Lipinski definition) is 6. The minimum absolute atomic E-state index is 0.0759. The molecule has 1 heterocycles. The number of ether oxygens (including phenoxy) is 1. The predicted octanol–water partition coefficient (Wildman–Crippen LogP) is 6.43. The minimum atomic E-state index is -6.18. The van der Waals surface area contributed by atoms with Crippen molar-refractivity contribution in [2.75, 3.05) is 26.2 Å². The van der Waals surface area contributed by atoms with Gasteiger partial charge >= 0.3 is 12.4 Å². The van der Waals surface area contributed by atoms with Crippen LogP contribution in [-0.4, -0.2) is 74.1 Å². The fourth-order valence-electron chi connectivity index (χ4n) is 6.48. The molecule has 1 aliphatic heterocycles. The zero-order chi connectivity index (χ0) is 35.3. The SMILES string of the molecule is CC(O)N1CCN(C2CC(c3ccc(C(OCc4c(F)cccc4F)(C(F)(F)F)C(F)(F)F)cc3)(S(=O)(=O)c3ccc(F)cc3)C2)CC1. The van der Waals surface area contributed by atoms with E-state index in [1.807, 2.05) is 9.80 Å². The molecule has 1 atom stereocenters. The summed E-state index contributed by atoms with van der Waals surface area (Å²) >= 11 is 0. The molecule has 3 aromatic carbocycles. The summed E-state index contributed by atoms with van der Waals surface area (Å²) in [6.07, 6.45) is -13.2. The van der Waals surface area contributed by atoms with Crippen LogP contribution in [-0.2, 0) is 31.5 Å². The highest BCUT2D eigenvalue weighted by atomic mass is 32.2. The Kier molecular flexibility index (Phi) is 9.73. The van der Waals surface area contributed by atoms with Gasteiger partial charge in [0.2, 0.25) is 0 Å². The molecule has 0 amide bonds. The molecule has 1 unspecified atom stereocenters. The summed E-state index contributed by atoms with van der Waals surface area (Å²) < 4.78 is 160. The lowest BCUT2D eigenvalue weighted by Gasteiger charge is -2.53. The Morgan fingerprint density at radius 3 is 1.83 bits per heavy atom. The standard InChI is InChI=1S/C32H31F9N2O4S/c1-20(44)42-13-15-43(16-14-42)24-17-29(18-24,48(45,46)25-11-9-23(33)10-12-25)21-5-7-22(8-6-21)30(31(36,37)38,32(39,40)41)47-19-26-27(34)3-2-4-28(26)35/h2-12,20,24,44H,13-19H2,1H3. The minimum Gasteiger partial charge on any atom is -0.379 e. The largest absolute Gasteiger partial charge is 0.430 e. The van der Waals surface area contributed by atoms with Crippen LogP contribution in [0, 0.1) is 17.5 Å². The van der Waals surface area contributed by atoms with E-state index in [1.165, 1.54) is 0 Å². The van der Waals surface area contributed by atoms with E-state index in [0.29, 0.717) is 50.4 Å². The van der Waals surface area contributed by atoms with Crippen LogP contribution in [0.15, 0.2) is 71.6 Å². The Balaban J connectivity index is 1.54. The number of aliphatic hydroxyl groups is 1. The summed E-state index contributed by atoms with van der Waals surface area (Å²) in [6.45, 7) is 1.79. The summed E-state index contributed by atoms with van der Waals surface area (Å²) in [4.78, 5) is 3.52. The van der Waals surface area contributed by atoms with Crippen LogP contribution >= 0.6 is 0 Å². The second-order valence-corrected chi connectivity index (χ2v) is 14.2. The Hall–Kier alpha value is -3.18. The Morgan fingerprint density at radius 1 is 0.833 bits per heavy atom. The average Bonchev–Trinajstić information content (AvgIpc) is 2.98. The van der Waals surface area contributed by atoms with Crippen molar-refractivity contribution in [3.63, 3.8) is 0 Å². The van der Waals surface area contributed by atoms with Crippen LogP contribution in [0.2, 0.25) is 0 Å². The molecule has 6 nitrogen and oxygen atoms in total. The van der Waals surface area contributed by atoms with Crippen molar-refractivity contribution in [3.05, 3.63) is 101 Å². The molecule has 2 fully saturated rings. The molecule has 0 aromatic heterocycles. The van der Waals surface area contributed by atoms with Crippen LogP contribution in [0.5, 0.6) is 0 Å². The van der Waals surface area contributed by atoms with Crippen molar-refractivity contribution in [1.82, 2.24) is 9.80 Å². The van der Waals surface area contributed by atoms with Gasteiger partial charge in [0.15, 0.2) is 9.84 Å². The lowest BCUT2D eigenvalue weighted by Crippen LogP contribution is -2.61. The number of hydrogen-bond donors (Lipinski definition) is 1. The Morgan fingerprint density at radius 2 is 1.35 bits per heavy atom. The van der Waals surface area contributed by atoms with E-state index in [0.717, 1.165) is 42.5 Å². The smallest absolute Gasteiger partial charge is 0.379 e. The van der Waals surface area contributed by atoms with Crippen molar-refractivity contribution in [2.45, 2.75) is 66.2 Å². The molecular weight excluding hydrogens is 679 g/mol. The third-order valence-corrected chi connectivity index (χ3v) is 11.8. The van der Waals surface area contributed by atoms with Gasteiger partial charge in [-0.3, -0.25) is 9.80 Å². The van der Waals surface area contributed by atoms with Crippen LogP contribution in [0.1, 0.15) is 36.5 Å². The summed E-state index contributed by atoms with van der Waals surface area (Å²) in [5, 5.41) is 9.87. The van der Waals surface area contributed by atoms with Gasteiger partial charge < -0.3 is 9.84 Å². The molecule has 48 heavy (non-hydrogen) atoms. The van der Waals surface area contributed by atoms with Gasteiger partial charge in [-0.05, 0) is 61.7 Å². The highest BCUT2D eigenvalue weighted by Crippen LogP contribution is 2.56. The number of aliphatic hydroxyl groups excluding tert-OH is 1. The summed E-state index contributed by atoms with van der Waals surface area (Å²) in [7, 11) is -4.39. The first-order valence-electron chi connectivity index (χ1n) is 14.8. The Bertz CT molecular complexity index is 1670. The number of alkyl halides is 6. The molecule has 1 saturated heterocycles. The quantitative estimate of drug-likeness (QED) is 0.204. The van der Waals surface area contributed by atoms with E-state index in [9.17, 15) is 53.0 Å². The van der Waals surface area contributed by atoms with Gasteiger partial charge in [0, 0.05) is 43.3 Å². The topological polar surface area (TPSA) is 70.1 Å². The predicted molar refractivity (Wildman–Crippen MR) is 154 cm³/mol. The fourth-order valence-corrected chi connectivity index (χ4v) is 8.70. The third kappa shape index (κ3) is 6.21. The molecule has 0 radical (unpaired) electrons. The van der Waals surface area contributed by atoms with Gasteiger partial charge in [0.1, 0.15) is 28.4 Å². The van der Waals surface area contributed by atoms with Crippen LogP contribution < -0.4 is 0 Å². The molecule has 1 aliphatic carbocycles. The first-order valence-corrected chi connectivity index (χ1v) is 16.3. The maximum absolute atomic E-state index is 14.5. The lowest BCUT2D eigenvalue weighted by atomic mass is 9.73. The first-order chi connectivity index (χ1) is 22.3. The highest BCUT2D eigenvalue weighted by Gasteiger charge is 2.73. The Labute approximate surface area is 270 Å². The van der Waals surface area contributed by atoms with Crippen molar-refractivity contribution in [3.8, 4) is 0 Å². The van der Waals surface area contributed by atoms with E-state index in [1.54, 1.807) is 6.92 Å². The lowest BCUT2D eigenvalue weighted by molar-refractivity contribution is -0.392. The van der Waals surface area contributed by atoms with Crippen molar-refractivity contribution < 1.29 is 57.8 Å². The number of sulfone groups is 1. The number of halogens is 9. The van der Waals surface area contributed by atoms with Gasteiger partial charge in [0.25, 0.3) is 5.60 Å². The van der Waals surface area contributed by atoms with Crippen molar-refractivity contribution in [1.29, 1.82) is 0 Å². The fraction of sp³-hybridized carbons (Fsp3) is 0.438. The zero-order valence-corrected chi connectivity index (χ0v) is 26.1. The molecule has 2 aliphatic rings. The summed E-state index contributed by atoms with van der Waals surface area (Å²) in [5.74, 6) is -3.55. The van der Waals surface area contributed by atoms with Crippen molar-refractivity contribution >= 4 is 9.84 Å². The molecular formula is C32H31F9N2O4S. The van der Waals surface area contributed by atoms with Crippen molar-refractivity contribution in [2.24, 2.45) is 0 Å². The average molecular weight is 711 g/mol. The van der Waals surface area contributed by atoms with E-state index in [-0.39, 0.29) is 29.3 Å². The van der Waals surface area contributed by atoms with E-state index in [2.05, 4.69) is 4.74 Å². The molecule has 0 spiro atoms. The summed E-state index contributed by atoms with van der Waals surface area (Å²) in [5.41, 5.74) is -7.77. The number of nitrogens with zero attached hydrogens (tertiary/aromatic N) is 2. The molecule has 1 N–H and O–H groups in total. The van der Waals surface area contributed by atoms with Gasteiger partial charge in [0.05, 0.1) is 11.5 Å². The maximum Gasteiger partial charge on any atom is 0.430 e. The van der Waals surface area contributed by atoms with E-state index < -0.39 is 74.0 Å². The van der Waals surface area contributed by atoms with Crippen LogP contribution in [0.3, 0.4) is 0 Å². The van der Waals surface area contributed by atoms with Gasteiger partial charge in [-0.25, -0.2) is 21.6 Å². The molecule has 0 bridgehead atoms. The van der Waals surface area contributed by atoms with E-state index >= 15 is 0 Å². The summed E-state index contributed by atoms with van der Waals surface area (Å²) in [6, 6.07) is 8.34. The van der Waals surface area contributed by atoms with Gasteiger partial charge in [-0.15, -0.1) is 0 Å². The molecule has 5 rings (SSSR count). The van der Waals surface area contributed by atoms with Crippen LogP contribution in [0.4, 0.5) is 39.5 Å². The molecule has 16 heteroatoms. The monoisotopic (exact) mass is 710 g/mol. The number of benzene rings is 3. The van der Waals surface area contributed by atoms with Crippen LogP contribution in [0.25, 0.3) is 0 Å². The molecule has 262 valence electrons. The second-order valence-electron chi connectivity index (χ2n) is 12.0. The second kappa shape index (κ2) is 12.9. The first kappa shape index (κ1) is 36.1. The van der Waals surface area contributed by atoms with E-state index in [4.69, 9.17) is 0 Å². The van der Waals surface area contributed by atoms with Gasteiger partial charge in [-0.1, -0.05) is 30.3 Å². The number of piperazine rings is 1. The highest BCUT2D eigenvalue weighted by molar-refractivity contribution is 7.92. The normalized spacial score (nSPS) is 22.4. The number of rotatable bonds is 9. The maximum atomic E-state index is 14.5. The zero-order valence-electron chi connectivity index (χ0n) is 25.3. The molecule has 1 saturated carbocycles. The van der Waals surface area contributed by atoms with Gasteiger partial charge in [-0.2, -0.15) is 26.3 Å². The third-order valence-electron chi connectivity index (χ3n) is 9.27.